The van der Waals surface area contributed by atoms with Crippen LogP contribution in [0.3, 0.4) is 0 Å². The Labute approximate surface area is 188 Å². The summed E-state index contributed by atoms with van der Waals surface area (Å²) in [6.45, 7) is -0.516. The van der Waals surface area contributed by atoms with Gasteiger partial charge in [-0.2, -0.15) is 0 Å². The number of thioether (sulfide) groups is 1. The summed E-state index contributed by atoms with van der Waals surface area (Å²) in [4.78, 5) is 36.0. The van der Waals surface area contributed by atoms with Crippen molar-refractivity contribution in [2.45, 2.75) is 6.61 Å². The number of aliphatic carboxylic acids is 1. The third-order valence-electron chi connectivity index (χ3n) is 3.82. The van der Waals surface area contributed by atoms with Crippen molar-refractivity contribution in [1.29, 1.82) is 0 Å². The van der Waals surface area contributed by atoms with Crippen LogP contribution in [0.1, 0.15) is 11.1 Å². The number of ether oxygens (including phenoxy) is 1. The van der Waals surface area contributed by atoms with E-state index in [0.29, 0.717) is 38.0 Å². The van der Waals surface area contributed by atoms with E-state index in [0.717, 1.165) is 10.0 Å². The van der Waals surface area contributed by atoms with Crippen LogP contribution < -0.4 is 4.74 Å². The maximum Gasteiger partial charge on any atom is 0.323 e. The standard InChI is InChI=1S/C19H12BrCl2NO5S/c20-12-2-4-15(28-9-10-1-3-13(21)7-14(10)22)11(5-12)6-16-18(26)23(8-17(24)25)19(27)29-16/h1-7H,8-9H2,(H,24,25)/b16-6+. The second-order valence-electron chi connectivity index (χ2n) is 5.87. The monoisotopic (exact) mass is 515 g/mol. The normalized spacial score (nSPS) is 15.3. The predicted molar refractivity (Wildman–Crippen MR) is 115 cm³/mol. The van der Waals surface area contributed by atoms with Gasteiger partial charge in [-0.25, -0.2) is 0 Å². The third-order valence-corrected chi connectivity index (χ3v) is 5.81. The molecular formula is C19H12BrCl2NO5S. The molecule has 0 aromatic heterocycles. The SMILES string of the molecule is O=C(O)CN1C(=O)S/C(=C/c2cc(Br)ccc2OCc2ccc(Cl)cc2Cl)C1=O. The van der Waals surface area contributed by atoms with E-state index in [1.165, 1.54) is 6.08 Å². The van der Waals surface area contributed by atoms with Gasteiger partial charge >= 0.3 is 5.97 Å². The molecule has 1 saturated heterocycles. The number of carbonyl (C=O) groups excluding carboxylic acids is 2. The molecule has 0 bridgehead atoms. The number of carboxylic acids is 1. The second kappa shape index (κ2) is 9.21. The number of hydrogen-bond acceptors (Lipinski definition) is 5. The molecule has 1 aliphatic heterocycles. The van der Waals surface area contributed by atoms with Gasteiger partial charge < -0.3 is 9.84 Å². The number of imide groups is 1. The molecule has 0 aliphatic carbocycles. The highest BCUT2D eigenvalue weighted by atomic mass is 79.9. The molecule has 2 aromatic rings. The summed E-state index contributed by atoms with van der Waals surface area (Å²) in [6, 6.07) is 10.3. The topological polar surface area (TPSA) is 83.9 Å². The van der Waals surface area contributed by atoms with Crippen molar-refractivity contribution >= 4 is 74.1 Å². The molecular weight excluding hydrogens is 505 g/mol. The molecule has 10 heteroatoms. The number of carboxylic acid groups (broad SMARTS) is 1. The first-order valence-corrected chi connectivity index (χ1v) is 10.4. The van der Waals surface area contributed by atoms with E-state index in [9.17, 15) is 14.4 Å². The van der Waals surface area contributed by atoms with Gasteiger partial charge in [-0.05, 0) is 48.2 Å². The minimum absolute atomic E-state index is 0.115. The molecule has 2 amide bonds. The van der Waals surface area contributed by atoms with Gasteiger partial charge in [0.2, 0.25) is 0 Å². The summed E-state index contributed by atoms with van der Waals surface area (Å²) in [5.74, 6) is -1.46. The first kappa shape index (κ1) is 21.7. The minimum Gasteiger partial charge on any atom is -0.488 e. The molecule has 1 fully saturated rings. The van der Waals surface area contributed by atoms with Gasteiger partial charge in [-0.15, -0.1) is 0 Å². The minimum atomic E-state index is -1.26. The molecule has 29 heavy (non-hydrogen) atoms. The van der Waals surface area contributed by atoms with Gasteiger partial charge in [-0.1, -0.05) is 45.2 Å². The summed E-state index contributed by atoms with van der Waals surface area (Å²) >= 11 is 16.1. The lowest BCUT2D eigenvalue weighted by atomic mass is 10.1. The molecule has 1 N–H and O–H groups in total. The largest absolute Gasteiger partial charge is 0.488 e. The Morgan fingerprint density at radius 3 is 2.66 bits per heavy atom. The second-order valence-corrected chi connectivity index (χ2v) is 8.62. The average Bonchev–Trinajstić information content (AvgIpc) is 2.89. The van der Waals surface area contributed by atoms with Crippen LogP contribution in [0.5, 0.6) is 5.75 Å². The van der Waals surface area contributed by atoms with Gasteiger partial charge in [0.1, 0.15) is 18.9 Å². The molecule has 3 rings (SSSR count). The van der Waals surface area contributed by atoms with Crippen molar-refractivity contribution in [2.75, 3.05) is 6.54 Å². The Balaban J connectivity index is 1.85. The summed E-state index contributed by atoms with van der Waals surface area (Å²) in [5, 5.41) is 9.21. The lowest BCUT2D eigenvalue weighted by Crippen LogP contribution is -2.33. The van der Waals surface area contributed by atoms with E-state index < -0.39 is 23.7 Å². The highest BCUT2D eigenvalue weighted by Gasteiger charge is 2.36. The Kier molecular flexibility index (Phi) is 6.89. The Bertz CT molecular complexity index is 1040. The highest BCUT2D eigenvalue weighted by Crippen LogP contribution is 2.35. The molecule has 0 unspecified atom stereocenters. The summed E-state index contributed by atoms with van der Waals surface area (Å²) in [7, 11) is 0. The van der Waals surface area contributed by atoms with Crippen molar-refractivity contribution < 1.29 is 24.2 Å². The Morgan fingerprint density at radius 1 is 1.21 bits per heavy atom. The summed E-state index contributed by atoms with van der Waals surface area (Å²) < 4.78 is 6.60. The molecule has 0 saturated carbocycles. The van der Waals surface area contributed by atoms with Crippen LogP contribution in [0, 0.1) is 0 Å². The Morgan fingerprint density at radius 2 is 1.97 bits per heavy atom. The smallest absolute Gasteiger partial charge is 0.323 e. The molecule has 0 atom stereocenters. The van der Waals surface area contributed by atoms with E-state index in [-0.39, 0.29) is 11.5 Å². The average molecular weight is 517 g/mol. The van der Waals surface area contributed by atoms with Crippen LogP contribution >= 0.6 is 50.9 Å². The molecule has 1 aliphatic rings. The number of carbonyl (C=O) groups is 3. The van der Waals surface area contributed by atoms with Crippen LogP contribution in [0.25, 0.3) is 6.08 Å². The zero-order chi connectivity index (χ0) is 21.1. The van der Waals surface area contributed by atoms with Gasteiger partial charge in [0, 0.05) is 25.6 Å². The van der Waals surface area contributed by atoms with Gasteiger partial charge in [0.15, 0.2) is 0 Å². The van der Waals surface area contributed by atoms with E-state index in [1.54, 1.807) is 36.4 Å². The molecule has 0 radical (unpaired) electrons. The van der Waals surface area contributed by atoms with Crippen LogP contribution in [0.15, 0.2) is 45.8 Å². The number of hydrogen-bond donors (Lipinski definition) is 1. The fourth-order valence-corrected chi connectivity index (χ4v) is 4.14. The lowest BCUT2D eigenvalue weighted by molar-refractivity contribution is -0.140. The zero-order valence-electron chi connectivity index (χ0n) is 14.5. The fourth-order valence-electron chi connectivity index (χ4n) is 2.47. The fraction of sp³-hybridized carbons (Fsp3) is 0.105. The maximum absolute atomic E-state index is 12.4. The lowest BCUT2D eigenvalue weighted by Gasteiger charge is -2.12. The van der Waals surface area contributed by atoms with Crippen LogP contribution in [-0.4, -0.2) is 33.7 Å². The van der Waals surface area contributed by atoms with Gasteiger partial charge in [0.25, 0.3) is 11.1 Å². The number of halogens is 3. The van der Waals surface area contributed by atoms with Crippen LogP contribution in [0.2, 0.25) is 10.0 Å². The number of rotatable bonds is 6. The summed E-state index contributed by atoms with van der Waals surface area (Å²) in [5.41, 5.74) is 1.28. The molecule has 1 heterocycles. The van der Waals surface area contributed by atoms with E-state index in [1.807, 2.05) is 0 Å². The third kappa shape index (κ3) is 5.33. The first-order valence-electron chi connectivity index (χ1n) is 8.08. The van der Waals surface area contributed by atoms with Crippen molar-refractivity contribution in [3.63, 3.8) is 0 Å². The number of amides is 2. The number of benzene rings is 2. The van der Waals surface area contributed by atoms with E-state index >= 15 is 0 Å². The van der Waals surface area contributed by atoms with Crippen molar-refractivity contribution in [2.24, 2.45) is 0 Å². The first-order chi connectivity index (χ1) is 13.7. The summed E-state index contributed by atoms with van der Waals surface area (Å²) in [6.07, 6.45) is 1.50. The predicted octanol–water partition coefficient (Wildman–Crippen LogP) is 5.46. The van der Waals surface area contributed by atoms with Crippen LogP contribution in [0.4, 0.5) is 4.79 Å². The quantitative estimate of drug-likeness (QED) is 0.513. The maximum atomic E-state index is 12.4. The zero-order valence-corrected chi connectivity index (χ0v) is 18.4. The van der Waals surface area contributed by atoms with Crippen molar-refractivity contribution in [3.8, 4) is 5.75 Å². The van der Waals surface area contributed by atoms with Gasteiger partial charge in [0.05, 0.1) is 4.91 Å². The Hall–Kier alpha value is -2.00. The van der Waals surface area contributed by atoms with Gasteiger partial charge in [-0.3, -0.25) is 19.3 Å². The van der Waals surface area contributed by atoms with Crippen LogP contribution in [-0.2, 0) is 16.2 Å². The molecule has 2 aromatic carbocycles. The van der Waals surface area contributed by atoms with Crippen molar-refractivity contribution in [3.05, 3.63) is 66.9 Å². The molecule has 0 spiro atoms. The molecule has 6 nitrogen and oxygen atoms in total. The van der Waals surface area contributed by atoms with Crippen molar-refractivity contribution in [1.82, 2.24) is 4.90 Å². The van der Waals surface area contributed by atoms with E-state index in [2.05, 4.69) is 15.9 Å². The van der Waals surface area contributed by atoms with E-state index in [4.69, 9.17) is 33.0 Å². The highest BCUT2D eigenvalue weighted by molar-refractivity contribution is 9.10. The number of nitrogens with zero attached hydrogens (tertiary/aromatic N) is 1. The molecule has 150 valence electrons.